The molecular weight excluding hydrogens is 418 g/mol. The average molecular weight is 446 g/mol. The van der Waals surface area contributed by atoms with Gasteiger partial charge in [-0.25, -0.2) is 13.6 Å². The molecule has 1 spiro atoms. The Morgan fingerprint density at radius 1 is 1.12 bits per heavy atom. The normalized spacial score (nSPS) is 20.2. The van der Waals surface area contributed by atoms with Crippen molar-refractivity contribution in [2.45, 2.75) is 37.4 Å². The minimum absolute atomic E-state index is 0.0879. The van der Waals surface area contributed by atoms with Gasteiger partial charge in [-0.1, -0.05) is 18.2 Å². The summed E-state index contributed by atoms with van der Waals surface area (Å²) in [6.07, 6.45) is 3.03. The summed E-state index contributed by atoms with van der Waals surface area (Å²) >= 11 is 0. The molecule has 32 heavy (non-hydrogen) atoms. The molecule has 1 atom stereocenters. The van der Waals surface area contributed by atoms with E-state index >= 15 is 0 Å². The van der Waals surface area contributed by atoms with Gasteiger partial charge in [0.1, 0.15) is 24.0 Å². The molecule has 0 radical (unpaired) electrons. The van der Waals surface area contributed by atoms with Crippen LogP contribution in [0.1, 0.15) is 25.7 Å². The van der Waals surface area contributed by atoms with Crippen molar-refractivity contribution in [3.05, 3.63) is 60.2 Å². The zero-order chi connectivity index (χ0) is 22.4. The number of hydrogen-bond donors (Lipinski definition) is 1. The lowest BCUT2D eigenvalue weighted by Gasteiger charge is -2.46. The van der Waals surface area contributed by atoms with Crippen LogP contribution >= 0.6 is 0 Å². The van der Waals surface area contributed by atoms with Gasteiger partial charge in [-0.05, 0) is 43.5 Å². The van der Waals surface area contributed by atoms with Gasteiger partial charge >= 0.3 is 6.03 Å². The number of para-hydroxylation sites is 1. The first-order valence-electron chi connectivity index (χ1n) is 11.0. The fraction of sp³-hybridized carbons (Fsp3) is 0.458. The maximum absolute atomic E-state index is 13.8. The number of carbonyl (C=O) groups excluding carboxylic acids is 1. The lowest BCUT2D eigenvalue weighted by atomic mass is 9.83. The molecule has 1 unspecified atom stereocenters. The van der Waals surface area contributed by atoms with Gasteiger partial charge < -0.3 is 24.4 Å². The molecule has 0 bridgehead atoms. The van der Waals surface area contributed by atoms with Crippen molar-refractivity contribution >= 4 is 11.7 Å². The number of benzene rings is 2. The fourth-order valence-electron chi connectivity index (χ4n) is 4.27. The zero-order valence-electron chi connectivity index (χ0n) is 17.9. The van der Waals surface area contributed by atoms with E-state index in [1.54, 1.807) is 4.90 Å². The van der Waals surface area contributed by atoms with Crippen LogP contribution < -0.4 is 10.1 Å². The highest BCUT2D eigenvalue weighted by Crippen LogP contribution is 2.36. The number of carbonyl (C=O) groups is 1. The van der Waals surface area contributed by atoms with E-state index in [0.717, 1.165) is 36.8 Å². The fourth-order valence-corrected chi connectivity index (χ4v) is 4.27. The molecular formula is C24H28F2N2O4. The molecule has 1 N–H and O–H groups in total. The van der Waals surface area contributed by atoms with E-state index in [0.29, 0.717) is 45.8 Å². The van der Waals surface area contributed by atoms with Crippen LogP contribution in [0, 0.1) is 11.6 Å². The number of rotatable bonds is 6. The van der Waals surface area contributed by atoms with Crippen LogP contribution in [-0.2, 0) is 9.47 Å². The van der Waals surface area contributed by atoms with Gasteiger partial charge in [-0.15, -0.1) is 0 Å². The second kappa shape index (κ2) is 10.3. The molecule has 0 aromatic heterocycles. The van der Waals surface area contributed by atoms with Crippen LogP contribution in [0.2, 0.25) is 0 Å². The second-order valence-corrected chi connectivity index (χ2v) is 8.22. The van der Waals surface area contributed by atoms with E-state index in [4.69, 9.17) is 14.2 Å². The summed E-state index contributed by atoms with van der Waals surface area (Å²) in [6, 6.07) is 12.2. The maximum atomic E-state index is 13.8. The van der Waals surface area contributed by atoms with Crippen LogP contribution in [0.3, 0.4) is 0 Å². The van der Waals surface area contributed by atoms with E-state index in [9.17, 15) is 13.6 Å². The third kappa shape index (κ3) is 5.75. The maximum Gasteiger partial charge on any atom is 0.321 e. The van der Waals surface area contributed by atoms with Gasteiger partial charge in [0, 0.05) is 32.2 Å². The summed E-state index contributed by atoms with van der Waals surface area (Å²) in [4.78, 5) is 14.1. The standard InChI is InChI=1S/C24H28F2N2O4/c25-18-6-7-21(26)22(16-18)27-23(29)28-11-9-24(10-12-28)17-20(8-13-32-24)31-15-14-30-19-4-2-1-3-5-19/h1-7,16,20H,8-15,17H2,(H,27,29). The summed E-state index contributed by atoms with van der Waals surface area (Å²) in [6.45, 7) is 2.56. The molecule has 2 heterocycles. The van der Waals surface area contributed by atoms with E-state index in [1.165, 1.54) is 0 Å². The molecule has 2 aromatic carbocycles. The van der Waals surface area contributed by atoms with Gasteiger partial charge in [0.25, 0.3) is 0 Å². The molecule has 8 heteroatoms. The number of halogens is 2. The number of ether oxygens (including phenoxy) is 3. The zero-order valence-corrected chi connectivity index (χ0v) is 17.9. The van der Waals surface area contributed by atoms with Crippen LogP contribution in [0.4, 0.5) is 19.3 Å². The Morgan fingerprint density at radius 2 is 1.91 bits per heavy atom. The quantitative estimate of drug-likeness (QED) is 0.659. The van der Waals surface area contributed by atoms with Gasteiger partial charge in [0.2, 0.25) is 0 Å². The van der Waals surface area contributed by atoms with Crippen LogP contribution in [0.5, 0.6) is 5.75 Å². The van der Waals surface area contributed by atoms with E-state index in [2.05, 4.69) is 5.32 Å². The molecule has 6 nitrogen and oxygen atoms in total. The van der Waals surface area contributed by atoms with E-state index < -0.39 is 17.7 Å². The minimum Gasteiger partial charge on any atom is -0.491 e. The second-order valence-electron chi connectivity index (χ2n) is 8.22. The van der Waals surface area contributed by atoms with Crippen molar-refractivity contribution in [1.82, 2.24) is 4.90 Å². The molecule has 2 amide bonds. The first-order valence-corrected chi connectivity index (χ1v) is 11.0. The van der Waals surface area contributed by atoms with Crippen molar-refractivity contribution in [3.63, 3.8) is 0 Å². The molecule has 2 saturated heterocycles. The number of amides is 2. The Morgan fingerprint density at radius 3 is 2.69 bits per heavy atom. The summed E-state index contributed by atoms with van der Waals surface area (Å²) in [5, 5.41) is 2.46. The smallest absolute Gasteiger partial charge is 0.321 e. The van der Waals surface area contributed by atoms with Gasteiger partial charge in [0.05, 0.1) is 24.0 Å². The van der Waals surface area contributed by atoms with E-state index in [-0.39, 0.29) is 17.4 Å². The molecule has 4 rings (SSSR count). The highest BCUT2D eigenvalue weighted by molar-refractivity contribution is 5.89. The van der Waals surface area contributed by atoms with Crippen molar-refractivity contribution in [1.29, 1.82) is 0 Å². The molecule has 2 aliphatic heterocycles. The summed E-state index contributed by atoms with van der Waals surface area (Å²) in [5.41, 5.74) is -0.472. The van der Waals surface area contributed by atoms with Gasteiger partial charge in [-0.2, -0.15) is 0 Å². The molecule has 2 fully saturated rings. The number of urea groups is 1. The topological polar surface area (TPSA) is 60.0 Å². The largest absolute Gasteiger partial charge is 0.491 e. The van der Waals surface area contributed by atoms with Gasteiger partial charge in [0.15, 0.2) is 0 Å². The minimum atomic E-state index is -0.667. The Labute approximate surface area is 186 Å². The van der Waals surface area contributed by atoms with Gasteiger partial charge in [-0.3, -0.25) is 0 Å². The van der Waals surface area contributed by atoms with Crippen LogP contribution in [-0.4, -0.2) is 55.5 Å². The Balaban J connectivity index is 1.22. The number of nitrogens with one attached hydrogen (secondary N) is 1. The summed E-state index contributed by atoms with van der Waals surface area (Å²) in [7, 11) is 0. The Hall–Kier alpha value is -2.71. The molecule has 2 aromatic rings. The number of nitrogens with zero attached hydrogens (tertiary/aromatic N) is 1. The monoisotopic (exact) mass is 446 g/mol. The number of piperidine rings is 1. The average Bonchev–Trinajstić information content (AvgIpc) is 2.80. The number of likely N-dealkylation sites (tertiary alicyclic amines) is 1. The highest BCUT2D eigenvalue weighted by Gasteiger charge is 2.41. The lowest BCUT2D eigenvalue weighted by Crippen LogP contribution is -2.52. The Bertz CT molecular complexity index is 904. The molecule has 2 aliphatic rings. The summed E-state index contributed by atoms with van der Waals surface area (Å²) in [5.74, 6) is -0.446. The first-order chi connectivity index (χ1) is 15.5. The van der Waals surface area contributed by atoms with Crippen molar-refractivity contribution in [2.75, 3.05) is 38.2 Å². The Kier molecular flexibility index (Phi) is 7.22. The molecule has 172 valence electrons. The first kappa shape index (κ1) is 22.5. The van der Waals surface area contributed by atoms with Crippen LogP contribution in [0.25, 0.3) is 0 Å². The number of hydrogen-bond acceptors (Lipinski definition) is 4. The van der Waals surface area contributed by atoms with Crippen molar-refractivity contribution in [3.8, 4) is 5.75 Å². The highest BCUT2D eigenvalue weighted by atomic mass is 19.1. The van der Waals surface area contributed by atoms with Crippen molar-refractivity contribution in [2.24, 2.45) is 0 Å². The van der Waals surface area contributed by atoms with E-state index in [1.807, 2.05) is 30.3 Å². The SMILES string of the molecule is O=C(Nc1cc(F)ccc1F)N1CCC2(CC1)CC(OCCOc1ccccc1)CCO2. The third-order valence-corrected chi connectivity index (χ3v) is 6.03. The summed E-state index contributed by atoms with van der Waals surface area (Å²) < 4.78 is 45.0. The third-order valence-electron chi connectivity index (χ3n) is 6.03. The van der Waals surface area contributed by atoms with Crippen molar-refractivity contribution < 1.29 is 27.8 Å². The lowest BCUT2D eigenvalue weighted by molar-refractivity contribution is -0.153. The number of anilines is 1. The molecule has 0 saturated carbocycles. The molecule has 0 aliphatic carbocycles. The van der Waals surface area contributed by atoms with Crippen LogP contribution in [0.15, 0.2) is 48.5 Å². The predicted molar refractivity (Wildman–Crippen MR) is 116 cm³/mol. The predicted octanol–water partition coefficient (Wildman–Crippen LogP) is 4.61.